The third-order valence-corrected chi connectivity index (χ3v) is 9.85. The fourth-order valence-electron chi connectivity index (χ4n) is 6.28. The maximum absolute atomic E-state index is 14.8. The van der Waals surface area contributed by atoms with Gasteiger partial charge in [0, 0.05) is 72.3 Å². The zero-order valence-corrected chi connectivity index (χ0v) is 23.3. The summed E-state index contributed by atoms with van der Waals surface area (Å²) >= 11 is 1.74. The molecule has 4 aromatic rings. The van der Waals surface area contributed by atoms with Gasteiger partial charge in [-0.3, -0.25) is 14.0 Å². The Hall–Kier alpha value is -3.70. The first-order valence-corrected chi connectivity index (χ1v) is 14.3. The van der Waals surface area contributed by atoms with E-state index in [2.05, 4.69) is 34.6 Å². The molecule has 1 spiro atoms. The van der Waals surface area contributed by atoms with Crippen LogP contribution in [0.15, 0.2) is 46.7 Å². The van der Waals surface area contributed by atoms with Gasteiger partial charge in [-0.1, -0.05) is 6.58 Å². The van der Waals surface area contributed by atoms with Crippen LogP contribution < -0.4 is 10.6 Å². The number of thioether (sulfide) groups is 1. The molecule has 0 bridgehead atoms. The molecule has 0 unspecified atom stereocenters. The highest BCUT2D eigenvalue weighted by molar-refractivity contribution is 7.99. The Morgan fingerprint density at radius 2 is 1.95 bits per heavy atom. The van der Waals surface area contributed by atoms with Gasteiger partial charge < -0.3 is 14.5 Å². The SMILES string of the molecule is C=CC(=O)N1CCN(c2nc(=O)n3c4c(c(-c5ccc(F)c6cnn(C)c56)c(C)cc24)SCC2(COC2)C3)CC1. The Balaban J connectivity index is 1.47. The van der Waals surface area contributed by atoms with Crippen LogP contribution in [0.4, 0.5) is 10.2 Å². The molecule has 2 aromatic heterocycles. The summed E-state index contributed by atoms with van der Waals surface area (Å²) in [6.07, 6.45) is 2.90. The second-order valence-electron chi connectivity index (χ2n) is 11.0. The number of aryl methyl sites for hydroxylation is 2. The standard InChI is InChI=1S/C29H29FN6O3S/c1-4-22(37)34-7-9-35(10-8-34)27-19-11-17(2)23(18-5-6-21(30)20-12-31-33(3)24(18)20)26-25(19)36(28(38)32-27)13-29(16-40-26)14-39-15-29/h4-6,11-12H,1,7-10,13-16H2,2-3H3. The number of ether oxygens (including phenoxy) is 1. The molecule has 0 N–H and O–H groups in total. The third kappa shape index (κ3) is 3.71. The monoisotopic (exact) mass is 560 g/mol. The number of carbonyl (C=O) groups is 1. The van der Waals surface area contributed by atoms with Gasteiger partial charge in [-0.05, 0) is 36.8 Å². The number of carbonyl (C=O) groups excluding carboxylic acids is 1. The largest absolute Gasteiger partial charge is 0.380 e. The second-order valence-corrected chi connectivity index (χ2v) is 12.0. The maximum Gasteiger partial charge on any atom is 0.350 e. The van der Waals surface area contributed by atoms with Crippen molar-refractivity contribution in [1.82, 2.24) is 24.2 Å². The molecule has 1 amide bonds. The van der Waals surface area contributed by atoms with Crippen LogP contribution in [0, 0.1) is 18.2 Å². The number of anilines is 1. The van der Waals surface area contributed by atoms with E-state index in [0.717, 1.165) is 43.8 Å². The Labute approximate surface area is 234 Å². The van der Waals surface area contributed by atoms with Gasteiger partial charge in [0.05, 0.1) is 35.8 Å². The molecule has 3 aliphatic heterocycles. The summed E-state index contributed by atoms with van der Waals surface area (Å²) < 4.78 is 23.9. The lowest BCUT2D eigenvalue weighted by Crippen LogP contribution is -2.50. The van der Waals surface area contributed by atoms with Crippen molar-refractivity contribution in [1.29, 1.82) is 0 Å². The molecule has 2 fully saturated rings. The van der Waals surface area contributed by atoms with Crippen LogP contribution >= 0.6 is 11.8 Å². The van der Waals surface area contributed by atoms with Crippen molar-refractivity contribution < 1.29 is 13.9 Å². The van der Waals surface area contributed by atoms with Crippen molar-refractivity contribution >= 4 is 45.3 Å². The molecule has 0 aliphatic carbocycles. The lowest BCUT2D eigenvalue weighted by atomic mass is 9.88. The first-order chi connectivity index (χ1) is 19.3. The number of piperazine rings is 1. The lowest BCUT2D eigenvalue weighted by molar-refractivity contribution is -0.126. The molecule has 7 rings (SSSR count). The zero-order valence-electron chi connectivity index (χ0n) is 22.4. The average molecular weight is 561 g/mol. The van der Waals surface area contributed by atoms with Crippen LogP contribution in [0.1, 0.15) is 5.56 Å². The van der Waals surface area contributed by atoms with Crippen molar-refractivity contribution in [2.24, 2.45) is 12.5 Å². The molecule has 40 heavy (non-hydrogen) atoms. The minimum atomic E-state index is -0.313. The molecule has 3 aliphatic rings. The van der Waals surface area contributed by atoms with Crippen LogP contribution in [0.5, 0.6) is 0 Å². The van der Waals surface area contributed by atoms with Gasteiger partial charge in [0.15, 0.2) is 0 Å². The smallest absolute Gasteiger partial charge is 0.350 e. The highest BCUT2D eigenvalue weighted by Gasteiger charge is 2.42. The summed E-state index contributed by atoms with van der Waals surface area (Å²) in [5, 5.41) is 5.72. The van der Waals surface area contributed by atoms with E-state index in [9.17, 15) is 14.0 Å². The molecule has 2 aromatic carbocycles. The van der Waals surface area contributed by atoms with E-state index in [1.54, 1.807) is 27.5 Å². The minimum absolute atomic E-state index is 0.0910. The Bertz CT molecular complexity index is 1780. The summed E-state index contributed by atoms with van der Waals surface area (Å²) in [7, 11) is 1.82. The number of nitrogens with zero attached hydrogens (tertiary/aromatic N) is 6. The number of rotatable bonds is 3. The molecule has 206 valence electrons. The fraction of sp³-hybridized carbons (Fsp3) is 0.379. The average Bonchev–Trinajstić information content (AvgIpc) is 3.22. The van der Waals surface area contributed by atoms with Gasteiger partial charge in [0.25, 0.3) is 0 Å². The normalized spacial score (nSPS) is 18.3. The van der Waals surface area contributed by atoms with E-state index < -0.39 is 0 Å². The zero-order chi connectivity index (χ0) is 27.8. The molecule has 11 heteroatoms. The van der Waals surface area contributed by atoms with Crippen molar-refractivity contribution in [3.05, 3.63) is 58.9 Å². The van der Waals surface area contributed by atoms with Crippen LogP contribution in [0.2, 0.25) is 0 Å². The number of amides is 1. The van der Waals surface area contributed by atoms with Gasteiger partial charge in [0.1, 0.15) is 11.6 Å². The predicted octanol–water partition coefficient (Wildman–Crippen LogP) is 3.35. The number of aromatic nitrogens is 4. The topological polar surface area (TPSA) is 85.5 Å². The first kappa shape index (κ1) is 25.3. The number of halogens is 1. The van der Waals surface area contributed by atoms with Gasteiger partial charge in [0.2, 0.25) is 5.91 Å². The number of fused-ring (bicyclic) bond motifs is 1. The quantitative estimate of drug-likeness (QED) is 0.355. The van der Waals surface area contributed by atoms with Gasteiger partial charge >= 0.3 is 5.69 Å². The Kier molecular flexibility index (Phi) is 5.79. The molecular weight excluding hydrogens is 531 g/mol. The maximum atomic E-state index is 14.8. The van der Waals surface area contributed by atoms with E-state index in [0.29, 0.717) is 57.1 Å². The van der Waals surface area contributed by atoms with Crippen LogP contribution in [-0.4, -0.2) is 75.3 Å². The van der Waals surface area contributed by atoms with E-state index in [1.165, 1.54) is 12.1 Å². The summed E-state index contributed by atoms with van der Waals surface area (Å²) in [5.41, 5.74) is 4.02. The number of hydrogen-bond acceptors (Lipinski definition) is 7. The van der Waals surface area contributed by atoms with E-state index in [-0.39, 0.29) is 22.8 Å². The molecule has 5 heterocycles. The molecular formula is C29H29FN6O3S. The molecule has 2 saturated heterocycles. The number of benzene rings is 2. The Morgan fingerprint density at radius 1 is 1.18 bits per heavy atom. The summed E-state index contributed by atoms with van der Waals surface area (Å²) in [5.74, 6) is 1.04. The van der Waals surface area contributed by atoms with Crippen molar-refractivity contribution in [2.75, 3.05) is 50.0 Å². The molecule has 0 radical (unpaired) electrons. The van der Waals surface area contributed by atoms with Crippen molar-refractivity contribution in [2.45, 2.75) is 18.4 Å². The molecule has 0 atom stereocenters. The van der Waals surface area contributed by atoms with E-state index >= 15 is 0 Å². The highest BCUT2D eigenvalue weighted by atomic mass is 32.2. The summed E-state index contributed by atoms with van der Waals surface area (Å²) in [6, 6.07) is 5.42. The summed E-state index contributed by atoms with van der Waals surface area (Å²) in [4.78, 5) is 35.4. The van der Waals surface area contributed by atoms with Gasteiger partial charge in [-0.2, -0.15) is 10.1 Å². The Morgan fingerprint density at radius 3 is 2.65 bits per heavy atom. The van der Waals surface area contributed by atoms with Gasteiger partial charge in [-0.25, -0.2) is 9.18 Å². The molecule has 9 nitrogen and oxygen atoms in total. The minimum Gasteiger partial charge on any atom is -0.380 e. The predicted molar refractivity (Wildman–Crippen MR) is 153 cm³/mol. The lowest BCUT2D eigenvalue weighted by Gasteiger charge is -2.40. The molecule has 0 saturated carbocycles. The third-order valence-electron chi connectivity index (χ3n) is 8.41. The fourth-order valence-corrected chi connectivity index (χ4v) is 7.76. The van der Waals surface area contributed by atoms with Crippen LogP contribution in [-0.2, 0) is 23.1 Å². The highest BCUT2D eigenvalue weighted by Crippen LogP contribution is 2.48. The van der Waals surface area contributed by atoms with Gasteiger partial charge in [-0.15, -0.1) is 11.8 Å². The van der Waals surface area contributed by atoms with Crippen molar-refractivity contribution in [3.63, 3.8) is 0 Å². The number of hydrogen-bond donors (Lipinski definition) is 0. The first-order valence-electron chi connectivity index (χ1n) is 13.4. The van der Waals surface area contributed by atoms with Crippen LogP contribution in [0.3, 0.4) is 0 Å². The van der Waals surface area contributed by atoms with E-state index in [1.807, 2.05) is 17.7 Å². The van der Waals surface area contributed by atoms with Crippen molar-refractivity contribution in [3.8, 4) is 11.1 Å². The van der Waals surface area contributed by atoms with Crippen LogP contribution in [0.25, 0.3) is 32.9 Å². The summed E-state index contributed by atoms with van der Waals surface area (Å²) in [6.45, 7) is 9.59. The second kappa shape index (κ2) is 9.17. The van der Waals surface area contributed by atoms with E-state index in [4.69, 9.17) is 4.74 Å².